The van der Waals surface area contributed by atoms with Gasteiger partial charge in [-0.3, -0.25) is 0 Å². The largest absolute Gasteiger partial charge is 0.402 e. The minimum Gasteiger partial charge on any atom is -0.402 e. The molecular weight excluding hydrogens is 282 g/mol. The van der Waals surface area contributed by atoms with Gasteiger partial charge in [-0.2, -0.15) is 0 Å². The van der Waals surface area contributed by atoms with Gasteiger partial charge >= 0.3 is 5.97 Å². The number of aliphatic imine (C=N–C) groups is 1. The molecule has 0 unspecified atom stereocenters. The molecule has 0 atom stereocenters. The van der Waals surface area contributed by atoms with E-state index in [-0.39, 0.29) is 5.90 Å². The van der Waals surface area contributed by atoms with E-state index in [0.717, 1.165) is 4.88 Å². The van der Waals surface area contributed by atoms with Crippen molar-refractivity contribution in [3.05, 3.63) is 62.9 Å². The summed E-state index contributed by atoms with van der Waals surface area (Å²) in [6, 6.07) is 10.9. The van der Waals surface area contributed by atoms with Gasteiger partial charge in [0.05, 0.1) is 0 Å². The van der Waals surface area contributed by atoms with Gasteiger partial charge < -0.3 is 4.74 Å². The molecule has 1 aromatic heterocycles. The summed E-state index contributed by atoms with van der Waals surface area (Å²) in [5, 5.41) is 2.51. The molecule has 3 nitrogen and oxygen atoms in total. The number of rotatable bonds is 2. The van der Waals surface area contributed by atoms with Crippen LogP contribution < -0.4 is 0 Å². The van der Waals surface area contributed by atoms with Crippen molar-refractivity contribution >= 4 is 40.9 Å². The lowest BCUT2D eigenvalue weighted by molar-refractivity contribution is -0.129. The van der Waals surface area contributed by atoms with Crippen LogP contribution in [0.1, 0.15) is 10.4 Å². The molecule has 1 aliphatic heterocycles. The van der Waals surface area contributed by atoms with Crippen LogP contribution in [-0.2, 0) is 9.53 Å². The maximum absolute atomic E-state index is 11.7. The average Bonchev–Trinajstić information content (AvgIpc) is 3.01. The van der Waals surface area contributed by atoms with Gasteiger partial charge in [0.25, 0.3) is 0 Å². The van der Waals surface area contributed by atoms with Gasteiger partial charge in [-0.25, -0.2) is 9.79 Å². The summed E-state index contributed by atoms with van der Waals surface area (Å²) in [7, 11) is 0. The minimum atomic E-state index is -0.441. The van der Waals surface area contributed by atoms with Crippen molar-refractivity contribution in [3.63, 3.8) is 0 Å². The molecule has 0 aliphatic carbocycles. The molecule has 0 amide bonds. The SMILES string of the molecule is O=C1OC(c2cccc(Cl)c2)=N/C1=C/c1cccs1. The van der Waals surface area contributed by atoms with Crippen LogP contribution in [0.2, 0.25) is 5.02 Å². The van der Waals surface area contributed by atoms with Crippen LogP contribution >= 0.6 is 22.9 Å². The lowest BCUT2D eigenvalue weighted by Gasteiger charge is -1.98. The summed E-state index contributed by atoms with van der Waals surface area (Å²) in [5.41, 5.74) is 0.993. The van der Waals surface area contributed by atoms with Crippen LogP contribution in [0, 0.1) is 0 Å². The normalized spacial score (nSPS) is 16.6. The standard InChI is InChI=1S/C14H8ClNO2S/c15-10-4-1-3-9(7-10)13-16-12(14(17)18-13)8-11-5-2-6-19-11/h1-8H/b12-8+. The van der Waals surface area contributed by atoms with Crippen LogP contribution in [0.5, 0.6) is 0 Å². The van der Waals surface area contributed by atoms with Gasteiger partial charge in [-0.1, -0.05) is 23.7 Å². The second-order valence-electron chi connectivity index (χ2n) is 3.86. The molecule has 0 spiro atoms. The molecule has 5 heteroatoms. The molecule has 0 radical (unpaired) electrons. The number of hydrogen-bond donors (Lipinski definition) is 0. The minimum absolute atomic E-state index is 0.287. The molecule has 0 saturated carbocycles. The summed E-state index contributed by atoms with van der Waals surface area (Å²) in [6.07, 6.45) is 1.71. The molecule has 1 aromatic carbocycles. The summed E-state index contributed by atoms with van der Waals surface area (Å²) in [4.78, 5) is 16.9. The third-order valence-electron chi connectivity index (χ3n) is 2.51. The zero-order valence-electron chi connectivity index (χ0n) is 9.67. The van der Waals surface area contributed by atoms with E-state index in [1.54, 1.807) is 30.3 Å². The highest BCUT2D eigenvalue weighted by molar-refractivity contribution is 7.10. The second-order valence-corrected chi connectivity index (χ2v) is 5.28. The highest BCUT2D eigenvalue weighted by Gasteiger charge is 2.24. The quantitative estimate of drug-likeness (QED) is 0.624. The number of benzene rings is 1. The molecule has 94 valence electrons. The molecule has 0 N–H and O–H groups in total. The Labute approximate surface area is 118 Å². The van der Waals surface area contributed by atoms with Crippen molar-refractivity contribution in [2.75, 3.05) is 0 Å². The van der Waals surface area contributed by atoms with Gasteiger partial charge in [0, 0.05) is 15.5 Å². The second kappa shape index (κ2) is 4.99. The Kier molecular flexibility index (Phi) is 3.19. The molecular formula is C14H8ClNO2S. The lowest BCUT2D eigenvalue weighted by Crippen LogP contribution is -2.05. The first-order chi connectivity index (χ1) is 9.22. The van der Waals surface area contributed by atoms with E-state index in [1.165, 1.54) is 11.3 Å². The van der Waals surface area contributed by atoms with Crippen molar-refractivity contribution in [1.29, 1.82) is 0 Å². The number of hydrogen-bond acceptors (Lipinski definition) is 4. The smallest absolute Gasteiger partial charge is 0.363 e. The van der Waals surface area contributed by atoms with Crippen LogP contribution in [0.25, 0.3) is 6.08 Å². The monoisotopic (exact) mass is 289 g/mol. The highest BCUT2D eigenvalue weighted by atomic mass is 35.5. The van der Waals surface area contributed by atoms with Gasteiger partial charge in [0.1, 0.15) is 0 Å². The van der Waals surface area contributed by atoms with Crippen LogP contribution in [0.4, 0.5) is 0 Å². The van der Waals surface area contributed by atoms with Crippen molar-refractivity contribution in [2.45, 2.75) is 0 Å². The third kappa shape index (κ3) is 2.59. The molecule has 0 saturated heterocycles. The Bertz CT molecular complexity index is 689. The van der Waals surface area contributed by atoms with E-state index in [1.807, 2.05) is 17.5 Å². The number of cyclic esters (lactones) is 1. The Morgan fingerprint density at radius 3 is 2.89 bits per heavy atom. The predicted molar refractivity (Wildman–Crippen MR) is 76.4 cm³/mol. The van der Waals surface area contributed by atoms with Crippen LogP contribution in [0.15, 0.2) is 52.5 Å². The van der Waals surface area contributed by atoms with Gasteiger partial charge in [0.15, 0.2) is 5.70 Å². The molecule has 1 aliphatic rings. The fourth-order valence-corrected chi connectivity index (χ4v) is 2.50. The van der Waals surface area contributed by atoms with Gasteiger partial charge in [-0.05, 0) is 35.7 Å². The van der Waals surface area contributed by atoms with Crippen molar-refractivity contribution in [2.24, 2.45) is 4.99 Å². The summed E-state index contributed by atoms with van der Waals surface area (Å²) < 4.78 is 5.15. The number of esters is 1. The first-order valence-corrected chi connectivity index (χ1v) is 6.80. The number of thiophene rings is 1. The van der Waals surface area contributed by atoms with E-state index in [9.17, 15) is 4.79 Å². The van der Waals surface area contributed by atoms with E-state index >= 15 is 0 Å². The summed E-state index contributed by atoms with van der Waals surface area (Å²) >= 11 is 7.44. The third-order valence-corrected chi connectivity index (χ3v) is 3.57. The maximum Gasteiger partial charge on any atom is 0.363 e. The predicted octanol–water partition coefficient (Wildman–Crippen LogP) is 3.75. The Morgan fingerprint density at radius 2 is 2.16 bits per heavy atom. The average molecular weight is 290 g/mol. The summed E-state index contributed by atoms with van der Waals surface area (Å²) in [5.74, 6) is -0.154. The number of carbonyl (C=O) groups excluding carboxylic acids is 1. The number of halogens is 1. The topological polar surface area (TPSA) is 38.7 Å². The number of carbonyl (C=O) groups is 1. The maximum atomic E-state index is 11.7. The van der Waals surface area contributed by atoms with Gasteiger partial charge in [0.2, 0.25) is 5.90 Å². The molecule has 0 fully saturated rings. The zero-order valence-corrected chi connectivity index (χ0v) is 11.2. The molecule has 2 heterocycles. The van der Waals surface area contributed by atoms with Crippen LogP contribution in [0.3, 0.4) is 0 Å². The molecule has 3 rings (SSSR count). The first-order valence-electron chi connectivity index (χ1n) is 5.54. The van der Waals surface area contributed by atoms with Crippen molar-refractivity contribution in [3.8, 4) is 0 Å². The molecule has 0 bridgehead atoms. The fourth-order valence-electron chi connectivity index (χ4n) is 1.66. The Hall–Kier alpha value is -1.91. The molecule has 19 heavy (non-hydrogen) atoms. The van der Waals surface area contributed by atoms with E-state index < -0.39 is 5.97 Å². The number of ether oxygens (including phenoxy) is 1. The van der Waals surface area contributed by atoms with E-state index in [2.05, 4.69) is 4.99 Å². The van der Waals surface area contributed by atoms with Gasteiger partial charge in [-0.15, -0.1) is 11.3 Å². The first kappa shape index (κ1) is 12.1. The van der Waals surface area contributed by atoms with E-state index in [4.69, 9.17) is 16.3 Å². The summed E-state index contributed by atoms with van der Waals surface area (Å²) in [6.45, 7) is 0. The van der Waals surface area contributed by atoms with Crippen LogP contribution in [-0.4, -0.2) is 11.9 Å². The fraction of sp³-hybridized carbons (Fsp3) is 0. The Balaban J connectivity index is 1.95. The Morgan fingerprint density at radius 1 is 1.26 bits per heavy atom. The highest BCUT2D eigenvalue weighted by Crippen LogP contribution is 2.22. The molecule has 2 aromatic rings. The van der Waals surface area contributed by atoms with Crippen molar-refractivity contribution in [1.82, 2.24) is 0 Å². The zero-order chi connectivity index (χ0) is 13.2. The lowest BCUT2D eigenvalue weighted by atomic mass is 10.2. The number of nitrogens with zero attached hydrogens (tertiary/aromatic N) is 1. The van der Waals surface area contributed by atoms with Crippen molar-refractivity contribution < 1.29 is 9.53 Å². The van der Waals surface area contributed by atoms with E-state index in [0.29, 0.717) is 16.3 Å².